The number of nitrogen functional groups attached to an aromatic ring is 1. The van der Waals surface area contributed by atoms with Gasteiger partial charge in [-0.2, -0.15) is 5.10 Å². The van der Waals surface area contributed by atoms with Crippen LogP contribution in [0.4, 0.5) is 10.8 Å². The van der Waals surface area contributed by atoms with Crippen LogP contribution in [0.2, 0.25) is 0 Å². The van der Waals surface area contributed by atoms with Gasteiger partial charge in [0.15, 0.2) is 5.13 Å². The van der Waals surface area contributed by atoms with Crippen molar-refractivity contribution in [3.05, 3.63) is 23.5 Å². The summed E-state index contributed by atoms with van der Waals surface area (Å²) >= 11 is 1.32. The number of nitrogens with two attached hydrogens (primary N) is 1. The highest BCUT2D eigenvalue weighted by molar-refractivity contribution is 7.13. The predicted octanol–water partition coefficient (Wildman–Crippen LogP) is 0.630. The van der Waals surface area contributed by atoms with Gasteiger partial charge in [-0.25, -0.2) is 4.98 Å². The van der Waals surface area contributed by atoms with Gasteiger partial charge in [0.25, 0.3) is 0 Å². The highest BCUT2D eigenvalue weighted by Gasteiger charge is 2.07. The summed E-state index contributed by atoms with van der Waals surface area (Å²) in [6, 6.07) is 0. The molecular formula is C8H9N5OS. The van der Waals surface area contributed by atoms with Gasteiger partial charge in [-0.3, -0.25) is 9.89 Å². The first kappa shape index (κ1) is 9.66. The smallest absolute Gasteiger partial charge is 0.230 e. The molecule has 0 aliphatic carbocycles. The van der Waals surface area contributed by atoms with Crippen LogP contribution in [-0.4, -0.2) is 21.1 Å². The third-order valence-electron chi connectivity index (χ3n) is 1.69. The summed E-state index contributed by atoms with van der Waals surface area (Å²) in [7, 11) is 0. The molecule has 2 aromatic rings. The molecule has 0 saturated heterocycles. The van der Waals surface area contributed by atoms with E-state index in [2.05, 4.69) is 20.5 Å². The summed E-state index contributed by atoms with van der Waals surface area (Å²) in [5, 5.41) is 11.2. The van der Waals surface area contributed by atoms with Gasteiger partial charge < -0.3 is 11.1 Å². The first-order valence-electron chi connectivity index (χ1n) is 4.22. The Morgan fingerprint density at radius 1 is 1.67 bits per heavy atom. The van der Waals surface area contributed by atoms with Gasteiger partial charge in [0.2, 0.25) is 5.91 Å². The van der Waals surface area contributed by atoms with Crippen molar-refractivity contribution in [1.29, 1.82) is 0 Å². The molecule has 78 valence electrons. The molecule has 0 fully saturated rings. The molecule has 6 nitrogen and oxygen atoms in total. The molecule has 2 aromatic heterocycles. The topological polar surface area (TPSA) is 96.7 Å². The third kappa shape index (κ3) is 2.53. The number of thiazole rings is 1. The van der Waals surface area contributed by atoms with E-state index in [1.807, 2.05) is 0 Å². The Kier molecular flexibility index (Phi) is 2.64. The summed E-state index contributed by atoms with van der Waals surface area (Å²) in [5.41, 5.74) is 6.77. The minimum absolute atomic E-state index is 0.137. The van der Waals surface area contributed by atoms with Gasteiger partial charge in [-0.1, -0.05) is 0 Å². The van der Waals surface area contributed by atoms with Crippen LogP contribution in [0.25, 0.3) is 0 Å². The monoisotopic (exact) mass is 223 g/mol. The molecule has 1 amide bonds. The number of aromatic amines is 1. The number of H-pyrrole nitrogens is 1. The van der Waals surface area contributed by atoms with E-state index >= 15 is 0 Å². The quantitative estimate of drug-likeness (QED) is 0.711. The van der Waals surface area contributed by atoms with Crippen molar-refractivity contribution in [3.63, 3.8) is 0 Å². The largest absolute Gasteiger partial charge is 0.375 e. The second-order valence-electron chi connectivity index (χ2n) is 2.89. The summed E-state index contributed by atoms with van der Waals surface area (Å²) in [6.45, 7) is 0. The van der Waals surface area contributed by atoms with Crippen molar-refractivity contribution < 1.29 is 4.79 Å². The van der Waals surface area contributed by atoms with Crippen LogP contribution in [-0.2, 0) is 11.2 Å². The molecule has 0 saturated carbocycles. The Hall–Kier alpha value is -1.89. The number of amides is 1. The number of hydrogen-bond donors (Lipinski definition) is 3. The number of hydrogen-bond acceptors (Lipinski definition) is 5. The molecule has 2 heterocycles. The summed E-state index contributed by atoms with van der Waals surface area (Å²) < 4.78 is 0. The van der Waals surface area contributed by atoms with Crippen LogP contribution in [0, 0.1) is 0 Å². The average Bonchev–Trinajstić information content (AvgIpc) is 2.77. The summed E-state index contributed by atoms with van der Waals surface area (Å²) in [6.07, 6.45) is 3.36. The zero-order chi connectivity index (χ0) is 10.7. The Balaban J connectivity index is 1.93. The lowest BCUT2D eigenvalue weighted by Crippen LogP contribution is -2.14. The standard InChI is InChI=1S/C8H9N5OS/c9-8-13-5(4-15-8)1-7(14)12-6-2-10-11-3-6/h2-4H,1H2,(H2,9,13)(H,10,11)(H,12,14). The summed E-state index contributed by atoms with van der Waals surface area (Å²) in [5.74, 6) is -0.137. The lowest BCUT2D eigenvalue weighted by Gasteiger charge is -1.98. The van der Waals surface area contributed by atoms with E-state index in [1.165, 1.54) is 17.5 Å². The van der Waals surface area contributed by atoms with Crippen LogP contribution in [0.3, 0.4) is 0 Å². The third-order valence-corrected chi connectivity index (χ3v) is 2.42. The SMILES string of the molecule is Nc1nc(CC(=O)Nc2cn[nH]c2)cs1. The number of carbonyl (C=O) groups is 1. The number of nitrogens with zero attached hydrogens (tertiary/aromatic N) is 2. The molecule has 15 heavy (non-hydrogen) atoms. The molecule has 0 aliphatic heterocycles. The molecule has 2 rings (SSSR count). The predicted molar refractivity (Wildman–Crippen MR) is 57.4 cm³/mol. The van der Waals surface area contributed by atoms with Gasteiger partial charge in [-0.15, -0.1) is 11.3 Å². The molecule has 0 radical (unpaired) electrons. The zero-order valence-corrected chi connectivity index (χ0v) is 8.54. The second-order valence-corrected chi connectivity index (χ2v) is 3.78. The average molecular weight is 223 g/mol. The minimum atomic E-state index is -0.137. The van der Waals surface area contributed by atoms with Crippen molar-refractivity contribution in [1.82, 2.24) is 15.2 Å². The highest BCUT2D eigenvalue weighted by atomic mass is 32.1. The van der Waals surface area contributed by atoms with E-state index in [0.29, 0.717) is 16.5 Å². The first-order valence-corrected chi connectivity index (χ1v) is 5.10. The number of aromatic nitrogens is 3. The van der Waals surface area contributed by atoms with Crippen molar-refractivity contribution in [2.75, 3.05) is 11.1 Å². The van der Waals surface area contributed by atoms with E-state index in [4.69, 9.17) is 5.73 Å². The molecule has 7 heteroatoms. The van der Waals surface area contributed by atoms with Crippen LogP contribution >= 0.6 is 11.3 Å². The fraction of sp³-hybridized carbons (Fsp3) is 0.125. The van der Waals surface area contributed by atoms with Crippen LogP contribution in [0.1, 0.15) is 5.69 Å². The van der Waals surface area contributed by atoms with E-state index in [9.17, 15) is 4.79 Å². The number of carbonyl (C=O) groups excluding carboxylic acids is 1. The van der Waals surface area contributed by atoms with Gasteiger partial charge in [0.05, 0.1) is 24.0 Å². The number of anilines is 2. The Morgan fingerprint density at radius 3 is 3.13 bits per heavy atom. The van der Waals surface area contributed by atoms with E-state index in [0.717, 1.165) is 0 Å². The highest BCUT2D eigenvalue weighted by Crippen LogP contribution is 2.12. The number of nitrogens with one attached hydrogen (secondary N) is 2. The van der Waals surface area contributed by atoms with Crippen molar-refractivity contribution in [2.45, 2.75) is 6.42 Å². The van der Waals surface area contributed by atoms with E-state index in [-0.39, 0.29) is 12.3 Å². The molecule has 4 N–H and O–H groups in total. The molecule has 0 aromatic carbocycles. The normalized spacial score (nSPS) is 10.1. The van der Waals surface area contributed by atoms with Crippen LogP contribution in [0.15, 0.2) is 17.8 Å². The zero-order valence-electron chi connectivity index (χ0n) is 7.73. The van der Waals surface area contributed by atoms with Gasteiger partial charge >= 0.3 is 0 Å². The van der Waals surface area contributed by atoms with Crippen molar-refractivity contribution in [3.8, 4) is 0 Å². The second kappa shape index (κ2) is 4.09. The Bertz CT molecular complexity index is 449. The maximum atomic E-state index is 11.5. The van der Waals surface area contributed by atoms with Gasteiger partial charge in [-0.05, 0) is 0 Å². The van der Waals surface area contributed by atoms with Crippen molar-refractivity contribution in [2.24, 2.45) is 0 Å². The van der Waals surface area contributed by atoms with Crippen LogP contribution < -0.4 is 11.1 Å². The summed E-state index contributed by atoms with van der Waals surface area (Å²) in [4.78, 5) is 15.5. The fourth-order valence-corrected chi connectivity index (χ4v) is 1.66. The van der Waals surface area contributed by atoms with E-state index in [1.54, 1.807) is 11.6 Å². The lowest BCUT2D eigenvalue weighted by atomic mass is 10.3. The Morgan fingerprint density at radius 2 is 2.53 bits per heavy atom. The maximum absolute atomic E-state index is 11.5. The maximum Gasteiger partial charge on any atom is 0.230 e. The van der Waals surface area contributed by atoms with Gasteiger partial charge in [0.1, 0.15) is 0 Å². The molecule has 0 aliphatic rings. The van der Waals surface area contributed by atoms with Gasteiger partial charge in [0, 0.05) is 11.6 Å². The molecule has 0 atom stereocenters. The molecular weight excluding hydrogens is 214 g/mol. The molecule has 0 spiro atoms. The lowest BCUT2D eigenvalue weighted by molar-refractivity contribution is -0.115. The van der Waals surface area contributed by atoms with Crippen molar-refractivity contribution >= 4 is 28.1 Å². The fourth-order valence-electron chi connectivity index (χ4n) is 1.09. The van der Waals surface area contributed by atoms with Crippen LogP contribution in [0.5, 0.6) is 0 Å². The minimum Gasteiger partial charge on any atom is -0.375 e. The molecule has 0 unspecified atom stereocenters. The van der Waals surface area contributed by atoms with E-state index < -0.39 is 0 Å². The Labute approximate surface area is 89.5 Å². The first-order chi connectivity index (χ1) is 7.24. The molecule has 0 bridgehead atoms. The number of rotatable bonds is 3.